The molecule has 0 radical (unpaired) electrons. The van der Waals surface area contributed by atoms with E-state index in [1.807, 2.05) is 0 Å². The molecule has 202 valence electrons. The maximum atomic E-state index is 13.6. The van der Waals surface area contributed by atoms with Gasteiger partial charge in [0, 0.05) is 29.2 Å². The van der Waals surface area contributed by atoms with Gasteiger partial charge in [-0.25, -0.2) is 8.42 Å². The lowest BCUT2D eigenvalue weighted by Gasteiger charge is -2.33. The van der Waals surface area contributed by atoms with Crippen molar-refractivity contribution in [3.63, 3.8) is 0 Å². The third-order valence-electron chi connectivity index (χ3n) is 5.29. The number of rotatable bonds is 10. The van der Waals surface area contributed by atoms with Crippen molar-refractivity contribution in [2.45, 2.75) is 45.8 Å². The van der Waals surface area contributed by atoms with E-state index in [1.54, 1.807) is 45.0 Å². The molecular formula is C24H31ClN4O7S. The molecule has 2 aromatic carbocycles. The van der Waals surface area contributed by atoms with E-state index in [0.717, 1.165) is 22.7 Å². The van der Waals surface area contributed by atoms with Crippen LogP contribution in [-0.2, 0) is 26.2 Å². The Kier molecular flexibility index (Phi) is 9.50. The Morgan fingerprint density at radius 3 is 2.32 bits per heavy atom. The van der Waals surface area contributed by atoms with Crippen LogP contribution in [0.25, 0.3) is 0 Å². The number of non-ortho nitro benzene ring substituents is 1. The molecule has 0 fully saturated rings. The average molecular weight is 555 g/mol. The van der Waals surface area contributed by atoms with Crippen LogP contribution in [-0.4, -0.2) is 61.5 Å². The Balaban J connectivity index is 2.55. The topological polar surface area (TPSA) is 139 Å². The number of sulfonamides is 1. The van der Waals surface area contributed by atoms with Gasteiger partial charge in [-0.05, 0) is 45.4 Å². The van der Waals surface area contributed by atoms with Crippen LogP contribution in [0.15, 0.2) is 42.5 Å². The molecule has 0 aromatic heterocycles. The van der Waals surface area contributed by atoms with Crippen LogP contribution in [0.1, 0.15) is 33.3 Å². The molecule has 0 aliphatic heterocycles. The van der Waals surface area contributed by atoms with Gasteiger partial charge in [0.05, 0.1) is 18.3 Å². The molecule has 2 aromatic rings. The van der Waals surface area contributed by atoms with Crippen LogP contribution in [0.3, 0.4) is 0 Å². The lowest BCUT2D eigenvalue weighted by atomic mass is 10.1. The molecule has 2 rings (SSSR count). The van der Waals surface area contributed by atoms with Gasteiger partial charge in [0.25, 0.3) is 5.69 Å². The molecule has 1 atom stereocenters. The summed E-state index contributed by atoms with van der Waals surface area (Å²) in [5.74, 6) is -1.16. The summed E-state index contributed by atoms with van der Waals surface area (Å²) >= 11 is 6.30. The Morgan fingerprint density at radius 2 is 1.81 bits per heavy atom. The highest BCUT2D eigenvalue weighted by Crippen LogP contribution is 2.34. The zero-order valence-corrected chi connectivity index (χ0v) is 23.1. The van der Waals surface area contributed by atoms with Crippen LogP contribution in [0.2, 0.25) is 5.02 Å². The van der Waals surface area contributed by atoms with Gasteiger partial charge in [0.15, 0.2) is 0 Å². The van der Waals surface area contributed by atoms with E-state index < -0.39 is 44.9 Å². The molecule has 1 N–H and O–H groups in total. The largest absolute Gasteiger partial charge is 0.495 e. The number of benzene rings is 2. The van der Waals surface area contributed by atoms with E-state index in [9.17, 15) is 28.1 Å². The summed E-state index contributed by atoms with van der Waals surface area (Å²) < 4.78 is 31.5. The van der Waals surface area contributed by atoms with Crippen LogP contribution >= 0.6 is 11.6 Å². The van der Waals surface area contributed by atoms with Gasteiger partial charge in [-0.2, -0.15) is 0 Å². The molecule has 0 aliphatic carbocycles. The zero-order valence-electron chi connectivity index (χ0n) is 21.5. The van der Waals surface area contributed by atoms with Crippen molar-refractivity contribution in [3.8, 4) is 5.75 Å². The molecule has 13 heteroatoms. The zero-order chi connectivity index (χ0) is 28.1. The van der Waals surface area contributed by atoms with Gasteiger partial charge in [0.2, 0.25) is 21.8 Å². The number of ether oxygens (including phenoxy) is 1. The number of carbonyl (C=O) groups is 2. The summed E-state index contributed by atoms with van der Waals surface area (Å²) in [5, 5.41) is 14.5. The van der Waals surface area contributed by atoms with Gasteiger partial charge in [-0.15, -0.1) is 0 Å². The van der Waals surface area contributed by atoms with E-state index in [1.165, 1.54) is 25.0 Å². The highest BCUT2D eigenvalue weighted by atomic mass is 35.5. The van der Waals surface area contributed by atoms with Crippen LogP contribution in [0, 0.1) is 10.1 Å². The number of nitro groups is 1. The third-order valence-corrected chi connectivity index (χ3v) is 6.78. The molecule has 11 nitrogen and oxygen atoms in total. The molecule has 0 heterocycles. The monoisotopic (exact) mass is 554 g/mol. The first-order chi connectivity index (χ1) is 17.0. The standard InChI is InChI=1S/C24H31ClN4O7S/c1-16(23(31)26-24(2,3)4)27(14-17-9-7-8-10-19(17)25)22(30)15-28(37(6,34)35)20-13-18(29(32)33)11-12-21(20)36-5/h7-13,16H,14-15H2,1-6H3,(H,26,31). The summed E-state index contributed by atoms with van der Waals surface area (Å²) in [5.41, 5.74) is -0.605. The lowest BCUT2D eigenvalue weighted by molar-refractivity contribution is -0.384. The predicted molar refractivity (Wildman–Crippen MR) is 141 cm³/mol. The number of nitrogens with one attached hydrogen (secondary N) is 1. The van der Waals surface area contributed by atoms with Crippen molar-refractivity contribution in [2.75, 3.05) is 24.2 Å². The van der Waals surface area contributed by atoms with Crippen LogP contribution < -0.4 is 14.4 Å². The first-order valence-corrected chi connectivity index (χ1v) is 13.4. The van der Waals surface area contributed by atoms with E-state index in [4.69, 9.17) is 16.3 Å². The summed E-state index contributed by atoms with van der Waals surface area (Å²) in [7, 11) is -2.85. The minimum absolute atomic E-state index is 0.0139. The Morgan fingerprint density at radius 1 is 1.19 bits per heavy atom. The van der Waals surface area contributed by atoms with Gasteiger partial charge in [-0.3, -0.25) is 24.0 Å². The summed E-state index contributed by atoms with van der Waals surface area (Å²) in [6.07, 6.45) is 0.868. The van der Waals surface area contributed by atoms with E-state index in [-0.39, 0.29) is 23.7 Å². The number of hydrogen-bond donors (Lipinski definition) is 1. The maximum Gasteiger partial charge on any atom is 0.271 e. The third kappa shape index (κ3) is 8.05. The quantitative estimate of drug-likeness (QED) is 0.351. The normalized spacial score (nSPS) is 12.4. The second-order valence-corrected chi connectivity index (χ2v) is 11.7. The summed E-state index contributed by atoms with van der Waals surface area (Å²) in [4.78, 5) is 38.5. The highest BCUT2D eigenvalue weighted by Gasteiger charge is 2.33. The Bertz CT molecular complexity index is 1280. The first kappa shape index (κ1) is 29.8. The second-order valence-electron chi connectivity index (χ2n) is 9.41. The van der Waals surface area contributed by atoms with Crippen molar-refractivity contribution < 1.29 is 27.7 Å². The fourth-order valence-corrected chi connectivity index (χ4v) is 4.49. The first-order valence-electron chi connectivity index (χ1n) is 11.2. The Hall–Kier alpha value is -3.38. The molecule has 0 spiro atoms. The molecule has 2 amide bonds. The number of nitrogens with zero attached hydrogens (tertiary/aromatic N) is 3. The number of halogens is 1. The molecule has 1 unspecified atom stereocenters. The predicted octanol–water partition coefficient (Wildman–Crippen LogP) is 3.35. The molecular weight excluding hydrogens is 524 g/mol. The van der Waals surface area contributed by atoms with Gasteiger partial charge in [0.1, 0.15) is 24.0 Å². The fourth-order valence-electron chi connectivity index (χ4n) is 3.45. The van der Waals surface area contributed by atoms with Crippen molar-refractivity contribution in [3.05, 3.63) is 63.2 Å². The number of carbonyl (C=O) groups excluding carboxylic acids is 2. The van der Waals surface area contributed by atoms with Gasteiger partial charge in [-0.1, -0.05) is 29.8 Å². The maximum absolute atomic E-state index is 13.6. The number of methoxy groups -OCH3 is 1. The number of anilines is 1. The average Bonchev–Trinajstić information content (AvgIpc) is 2.79. The molecule has 0 bridgehead atoms. The fraction of sp³-hybridized carbons (Fsp3) is 0.417. The molecule has 0 saturated carbocycles. The number of nitro benzene ring substituents is 1. The Labute approximate surface area is 221 Å². The smallest absolute Gasteiger partial charge is 0.271 e. The highest BCUT2D eigenvalue weighted by molar-refractivity contribution is 7.92. The second kappa shape index (κ2) is 11.8. The van der Waals surface area contributed by atoms with Crippen molar-refractivity contribution in [1.82, 2.24) is 10.2 Å². The van der Waals surface area contributed by atoms with E-state index >= 15 is 0 Å². The van der Waals surface area contributed by atoms with Crippen LogP contribution in [0.4, 0.5) is 11.4 Å². The van der Waals surface area contributed by atoms with Crippen LogP contribution in [0.5, 0.6) is 5.75 Å². The number of amides is 2. The summed E-state index contributed by atoms with van der Waals surface area (Å²) in [6.45, 7) is 6.07. The minimum atomic E-state index is -4.12. The van der Waals surface area contributed by atoms with Crippen molar-refractivity contribution in [2.24, 2.45) is 0 Å². The molecule has 37 heavy (non-hydrogen) atoms. The molecule has 0 aliphatic rings. The van der Waals surface area contributed by atoms with E-state index in [0.29, 0.717) is 10.6 Å². The molecule has 0 saturated heterocycles. The van der Waals surface area contributed by atoms with E-state index in [2.05, 4.69) is 5.32 Å². The SMILES string of the molecule is COc1ccc([N+](=O)[O-])cc1N(CC(=O)N(Cc1ccccc1Cl)C(C)C(=O)NC(C)(C)C)S(C)(=O)=O. The minimum Gasteiger partial charge on any atom is -0.495 e. The van der Waals surface area contributed by atoms with Gasteiger partial charge >= 0.3 is 0 Å². The summed E-state index contributed by atoms with van der Waals surface area (Å²) in [6, 6.07) is 9.18. The van der Waals surface area contributed by atoms with Gasteiger partial charge < -0.3 is 15.0 Å². The van der Waals surface area contributed by atoms with Crippen molar-refractivity contribution in [1.29, 1.82) is 0 Å². The lowest BCUT2D eigenvalue weighted by Crippen LogP contribution is -2.54. The van der Waals surface area contributed by atoms with Crippen molar-refractivity contribution >= 4 is 44.8 Å². The number of hydrogen-bond acceptors (Lipinski definition) is 7.